The van der Waals surface area contributed by atoms with E-state index in [4.69, 9.17) is 0 Å². The van der Waals surface area contributed by atoms with E-state index in [1.54, 1.807) is 6.07 Å². The molecule has 0 spiro atoms. The number of amides is 1. The van der Waals surface area contributed by atoms with E-state index in [0.717, 1.165) is 26.2 Å². The van der Waals surface area contributed by atoms with Gasteiger partial charge in [0.05, 0.1) is 6.54 Å². The van der Waals surface area contributed by atoms with E-state index in [1.165, 1.54) is 0 Å². The molecule has 1 N–H and O–H groups in total. The highest BCUT2D eigenvalue weighted by Crippen LogP contribution is 2.13. The maximum atomic E-state index is 12.4. The van der Waals surface area contributed by atoms with Crippen LogP contribution in [0.15, 0.2) is 24.3 Å². The fraction of sp³-hybridized carbons (Fsp3) is 0.529. The highest BCUT2D eigenvalue weighted by atomic mass is 16.2. The van der Waals surface area contributed by atoms with E-state index in [1.807, 2.05) is 32.0 Å². The Morgan fingerprint density at radius 1 is 1.18 bits per heavy atom. The van der Waals surface area contributed by atoms with E-state index in [9.17, 15) is 9.59 Å². The zero-order valence-corrected chi connectivity index (χ0v) is 13.6. The lowest BCUT2D eigenvalue weighted by Gasteiger charge is -2.31. The van der Waals surface area contributed by atoms with Crippen molar-refractivity contribution in [3.8, 4) is 0 Å². The number of rotatable bonds is 5. The maximum Gasteiger partial charge on any atom is 0.226 e. The van der Waals surface area contributed by atoms with Gasteiger partial charge >= 0.3 is 0 Å². The van der Waals surface area contributed by atoms with Crippen LogP contribution in [0, 0.1) is 5.92 Å². The Bertz CT molecular complexity index is 534. The van der Waals surface area contributed by atoms with Gasteiger partial charge in [-0.05, 0) is 19.2 Å². The van der Waals surface area contributed by atoms with Crippen molar-refractivity contribution < 1.29 is 9.59 Å². The molecular formula is C17H25N3O2. The standard InChI is InChI=1S/C17H25N3O2/c1-13(2)17(22)18-15-6-4-5-14(11-15)16(21)12-20-9-7-19(3)8-10-20/h4-6,11,13H,7-10,12H2,1-3H3,(H,18,22). The Hall–Kier alpha value is -1.72. The second kappa shape index (κ2) is 7.51. The quantitative estimate of drug-likeness (QED) is 0.842. The zero-order chi connectivity index (χ0) is 16.1. The number of likely N-dealkylation sites (N-methyl/N-ethyl adjacent to an activating group) is 1. The summed E-state index contributed by atoms with van der Waals surface area (Å²) in [4.78, 5) is 28.6. The van der Waals surface area contributed by atoms with Crippen molar-refractivity contribution in [1.29, 1.82) is 0 Å². The molecule has 120 valence electrons. The van der Waals surface area contributed by atoms with Crippen LogP contribution in [0.3, 0.4) is 0 Å². The molecule has 1 aliphatic rings. The Labute approximate surface area is 132 Å². The molecule has 0 saturated carbocycles. The average molecular weight is 303 g/mol. The second-order valence-electron chi connectivity index (χ2n) is 6.23. The van der Waals surface area contributed by atoms with Crippen LogP contribution in [0.5, 0.6) is 0 Å². The van der Waals surface area contributed by atoms with Crippen molar-refractivity contribution in [3.05, 3.63) is 29.8 Å². The van der Waals surface area contributed by atoms with Gasteiger partial charge in [-0.1, -0.05) is 26.0 Å². The third kappa shape index (κ3) is 4.64. The highest BCUT2D eigenvalue weighted by Gasteiger charge is 2.17. The first kappa shape index (κ1) is 16.6. The summed E-state index contributed by atoms with van der Waals surface area (Å²) in [6.45, 7) is 7.97. The molecule has 1 heterocycles. The van der Waals surface area contributed by atoms with Gasteiger partial charge in [0.1, 0.15) is 0 Å². The SMILES string of the molecule is CC(C)C(=O)Nc1cccc(C(=O)CN2CCN(C)CC2)c1. The molecule has 1 aliphatic heterocycles. The Morgan fingerprint density at radius 2 is 1.86 bits per heavy atom. The van der Waals surface area contributed by atoms with Gasteiger partial charge in [0.2, 0.25) is 5.91 Å². The molecule has 0 aliphatic carbocycles. The molecule has 0 bridgehead atoms. The molecule has 0 atom stereocenters. The number of benzene rings is 1. The summed E-state index contributed by atoms with van der Waals surface area (Å²) in [7, 11) is 2.10. The second-order valence-corrected chi connectivity index (χ2v) is 6.23. The first-order chi connectivity index (χ1) is 10.5. The highest BCUT2D eigenvalue weighted by molar-refractivity contribution is 5.99. The molecule has 5 nitrogen and oxygen atoms in total. The van der Waals surface area contributed by atoms with Crippen LogP contribution in [0.1, 0.15) is 24.2 Å². The molecule has 1 fully saturated rings. The molecule has 1 aromatic carbocycles. The number of nitrogens with zero attached hydrogens (tertiary/aromatic N) is 2. The Kier molecular flexibility index (Phi) is 5.69. The number of ketones is 1. The van der Waals surface area contributed by atoms with Gasteiger partial charge < -0.3 is 10.2 Å². The fourth-order valence-electron chi connectivity index (χ4n) is 2.36. The number of hydrogen-bond donors (Lipinski definition) is 1. The summed E-state index contributed by atoms with van der Waals surface area (Å²) in [6.07, 6.45) is 0. The van der Waals surface area contributed by atoms with E-state index >= 15 is 0 Å². The number of hydrogen-bond acceptors (Lipinski definition) is 4. The van der Waals surface area contributed by atoms with E-state index in [-0.39, 0.29) is 17.6 Å². The number of carbonyl (C=O) groups is 2. The van der Waals surface area contributed by atoms with Crippen molar-refractivity contribution in [1.82, 2.24) is 9.80 Å². The number of nitrogens with one attached hydrogen (secondary N) is 1. The number of piperazine rings is 1. The third-order valence-corrected chi connectivity index (χ3v) is 3.94. The van der Waals surface area contributed by atoms with Crippen LogP contribution in [-0.2, 0) is 4.79 Å². The monoisotopic (exact) mass is 303 g/mol. The molecule has 5 heteroatoms. The zero-order valence-electron chi connectivity index (χ0n) is 13.6. The van der Waals surface area contributed by atoms with Gasteiger partial charge in [0.15, 0.2) is 5.78 Å². The molecule has 2 rings (SSSR count). The first-order valence-electron chi connectivity index (χ1n) is 7.80. The lowest BCUT2D eigenvalue weighted by atomic mass is 10.1. The molecule has 0 aromatic heterocycles. The molecular weight excluding hydrogens is 278 g/mol. The molecule has 0 radical (unpaired) electrons. The fourth-order valence-corrected chi connectivity index (χ4v) is 2.36. The molecule has 1 aromatic rings. The summed E-state index contributed by atoms with van der Waals surface area (Å²) in [5, 5.41) is 2.83. The third-order valence-electron chi connectivity index (χ3n) is 3.94. The van der Waals surface area contributed by atoms with Gasteiger partial charge in [-0.3, -0.25) is 14.5 Å². The van der Waals surface area contributed by atoms with Crippen LogP contribution in [-0.4, -0.2) is 61.3 Å². The lowest BCUT2D eigenvalue weighted by molar-refractivity contribution is -0.118. The van der Waals surface area contributed by atoms with Gasteiger partial charge in [0.25, 0.3) is 0 Å². The smallest absolute Gasteiger partial charge is 0.226 e. The van der Waals surface area contributed by atoms with Crippen molar-refractivity contribution in [2.24, 2.45) is 5.92 Å². The minimum absolute atomic E-state index is 0.0383. The molecule has 0 unspecified atom stereocenters. The Morgan fingerprint density at radius 3 is 2.50 bits per heavy atom. The normalized spacial score (nSPS) is 16.7. The van der Waals surface area contributed by atoms with Crippen molar-refractivity contribution in [3.63, 3.8) is 0 Å². The van der Waals surface area contributed by atoms with Gasteiger partial charge in [-0.15, -0.1) is 0 Å². The molecule has 1 amide bonds. The van der Waals surface area contributed by atoms with Crippen LogP contribution < -0.4 is 5.32 Å². The van der Waals surface area contributed by atoms with Crippen molar-refractivity contribution in [2.45, 2.75) is 13.8 Å². The van der Waals surface area contributed by atoms with Crippen LogP contribution in [0.4, 0.5) is 5.69 Å². The largest absolute Gasteiger partial charge is 0.326 e. The number of anilines is 1. The van der Waals surface area contributed by atoms with Gasteiger partial charge in [-0.2, -0.15) is 0 Å². The molecule has 22 heavy (non-hydrogen) atoms. The summed E-state index contributed by atoms with van der Waals surface area (Å²) in [6, 6.07) is 7.20. The van der Waals surface area contributed by atoms with Crippen molar-refractivity contribution in [2.75, 3.05) is 45.1 Å². The maximum absolute atomic E-state index is 12.4. The van der Waals surface area contributed by atoms with E-state index < -0.39 is 0 Å². The summed E-state index contributed by atoms with van der Waals surface area (Å²) < 4.78 is 0. The number of Topliss-reactive ketones (excluding diaryl/α,β-unsaturated/α-hetero) is 1. The van der Waals surface area contributed by atoms with Gasteiger partial charge in [-0.25, -0.2) is 0 Å². The van der Waals surface area contributed by atoms with Crippen LogP contribution in [0.2, 0.25) is 0 Å². The topological polar surface area (TPSA) is 52.7 Å². The van der Waals surface area contributed by atoms with E-state index in [2.05, 4.69) is 22.2 Å². The minimum Gasteiger partial charge on any atom is -0.326 e. The Balaban J connectivity index is 1.96. The summed E-state index contributed by atoms with van der Waals surface area (Å²) in [5.74, 6) is -0.0152. The average Bonchev–Trinajstić information content (AvgIpc) is 2.49. The van der Waals surface area contributed by atoms with Crippen LogP contribution >= 0.6 is 0 Å². The van der Waals surface area contributed by atoms with Crippen LogP contribution in [0.25, 0.3) is 0 Å². The lowest BCUT2D eigenvalue weighted by Crippen LogP contribution is -2.46. The van der Waals surface area contributed by atoms with Gasteiger partial charge in [0, 0.05) is 43.3 Å². The first-order valence-corrected chi connectivity index (χ1v) is 7.80. The predicted octanol–water partition coefficient (Wildman–Crippen LogP) is 1.71. The van der Waals surface area contributed by atoms with Crippen molar-refractivity contribution >= 4 is 17.4 Å². The number of carbonyl (C=O) groups excluding carboxylic acids is 2. The molecule has 1 saturated heterocycles. The predicted molar refractivity (Wildman–Crippen MR) is 88.2 cm³/mol. The summed E-state index contributed by atoms with van der Waals surface area (Å²) in [5.41, 5.74) is 1.34. The summed E-state index contributed by atoms with van der Waals surface area (Å²) >= 11 is 0. The van der Waals surface area contributed by atoms with E-state index in [0.29, 0.717) is 17.8 Å². The minimum atomic E-state index is -0.0790.